The van der Waals surface area contributed by atoms with E-state index >= 15 is 0 Å². The van der Waals surface area contributed by atoms with Gasteiger partial charge in [-0.25, -0.2) is 9.78 Å². The minimum absolute atomic E-state index is 0.0539. The number of aromatic nitrogens is 4. The summed E-state index contributed by atoms with van der Waals surface area (Å²) >= 11 is 0. The topological polar surface area (TPSA) is 122 Å². The Kier molecular flexibility index (Phi) is 7.69. The van der Waals surface area contributed by atoms with Crippen LogP contribution in [0, 0.1) is 5.92 Å². The van der Waals surface area contributed by atoms with Crippen molar-refractivity contribution in [2.45, 2.75) is 97.4 Å². The van der Waals surface area contributed by atoms with E-state index in [-0.39, 0.29) is 30.4 Å². The molecule has 172 valence electrons. The molecule has 3 N–H and O–H groups in total. The fourth-order valence-electron chi connectivity index (χ4n) is 4.24. The van der Waals surface area contributed by atoms with Crippen molar-refractivity contribution in [1.29, 1.82) is 0 Å². The smallest absolute Gasteiger partial charge is 0.330 e. The average molecular weight is 434 g/mol. The number of aliphatic hydroxyl groups excluding tert-OH is 1. The van der Waals surface area contributed by atoms with E-state index in [0.717, 1.165) is 25.7 Å². The molecule has 0 aromatic carbocycles. The molecule has 1 aliphatic rings. The zero-order chi connectivity index (χ0) is 22.5. The van der Waals surface area contributed by atoms with Crippen molar-refractivity contribution in [2.75, 3.05) is 0 Å². The summed E-state index contributed by atoms with van der Waals surface area (Å²) in [5.74, 6) is 0.871. The number of hydrogen-bond donors (Lipinski definition) is 3. The second-order valence-electron chi connectivity index (χ2n) is 9.04. The first-order chi connectivity index (χ1) is 14.8. The minimum Gasteiger partial charge on any atom is -0.393 e. The lowest BCUT2D eigenvalue weighted by atomic mass is 9.93. The van der Waals surface area contributed by atoms with Crippen LogP contribution in [-0.2, 0) is 24.3 Å². The SMILES string of the molecule is CCCCn1c(=O)[nH]c(=O)c2c1nc(CCC(=O)NC1CCC(O)CC1)n2CC(C)C. The maximum atomic E-state index is 12.6. The van der Waals surface area contributed by atoms with Gasteiger partial charge in [-0.1, -0.05) is 27.2 Å². The molecule has 1 fully saturated rings. The average Bonchev–Trinajstić information content (AvgIpc) is 3.06. The van der Waals surface area contributed by atoms with Gasteiger partial charge in [0.25, 0.3) is 5.56 Å². The van der Waals surface area contributed by atoms with Gasteiger partial charge in [0.15, 0.2) is 11.2 Å². The molecular formula is C22H35N5O4. The van der Waals surface area contributed by atoms with E-state index in [2.05, 4.69) is 29.1 Å². The number of nitrogens with one attached hydrogen (secondary N) is 2. The minimum atomic E-state index is -0.441. The van der Waals surface area contributed by atoms with Crippen molar-refractivity contribution >= 4 is 17.1 Å². The van der Waals surface area contributed by atoms with Crippen LogP contribution in [0.4, 0.5) is 0 Å². The molecule has 1 amide bonds. The van der Waals surface area contributed by atoms with Gasteiger partial charge in [-0.05, 0) is 38.0 Å². The van der Waals surface area contributed by atoms with Crippen molar-refractivity contribution in [3.63, 3.8) is 0 Å². The Morgan fingerprint density at radius 1 is 1.23 bits per heavy atom. The number of aryl methyl sites for hydroxylation is 2. The number of hydrogen-bond acceptors (Lipinski definition) is 5. The van der Waals surface area contributed by atoms with E-state index in [1.807, 2.05) is 11.5 Å². The number of imidazole rings is 1. The van der Waals surface area contributed by atoms with Gasteiger partial charge in [-0.3, -0.25) is 19.1 Å². The molecule has 9 heteroatoms. The first-order valence-corrected chi connectivity index (χ1v) is 11.5. The molecule has 1 saturated carbocycles. The van der Waals surface area contributed by atoms with Crippen molar-refractivity contribution in [2.24, 2.45) is 5.92 Å². The second kappa shape index (κ2) is 10.3. The lowest BCUT2D eigenvalue weighted by Crippen LogP contribution is -2.38. The molecule has 0 radical (unpaired) electrons. The number of aromatic amines is 1. The van der Waals surface area contributed by atoms with Crippen LogP contribution in [0.1, 0.15) is 71.5 Å². The summed E-state index contributed by atoms with van der Waals surface area (Å²) in [6, 6.07) is 0.104. The summed E-state index contributed by atoms with van der Waals surface area (Å²) in [5.41, 5.74) is -0.0677. The number of unbranched alkanes of at least 4 members (excludes halogenated alkanes) is 1. The van der Waals surface area contributed by atoms with Crippen molar-refractivity contribution < 1.29 is 9.90 Å². The van der Waals surface area contributed by atoms with Gasteiger partial charge in [0, 0.05) is 32.0 Å². The molecule has 0 atom stereocenters. The fraction of sp³-hybridized carbons (Fsp3) is 0.727. The number of fused-ring (bicyclic) bond motifs is 1. The maximum Gasteiger partial charge on any atom is 0.330 e. The molecular weight excluding hydrogens is 398 g/mol. The highest BCUT2D eigenvalue weighted by Gasteiger charge is 2.22. The van der Waals surface area contributed by atoms with E-state index in [0.29, 0.717) is 49.3 Å². The normalized spacial score (nSPS) is 19.3. The zero-order valence-electron chi connectivity index (χ0n) is 18.8. The van der Waals surface area contributed by atoms with Crippen LogP contribution in [0.15, 0.2) is 9.59 Å². The zero-order valence-corrected chi connectivity index (χ0v) is 18.8. The van der Waals surface area contributed by atoms with Crippen LogP contribution in [-0.4, -0.2) is 42.3 Å². The summed E-state index contributed by atoms with van der Waals surface area (Å²) < 4.78 is 3.40. The van der Waals surface area contributed by atoms with Gasteiger partial charge in [-0.2, -0.15) is 0 Å². The highest BCUT2D eigenvalue weighted by atomic mass is 16.3. The van der Waals surface area contributed by atoms with Gasteiger partial charge in [0.05, 0.1) is 6.10 Å². The molecule has 2 aromatic heterocycles. The van der Waals surface area contributed by atoms with Gasteiger partial charge in [0.2, 0.25) is 5.91 Å². The number of amides is 1. The van der Waals surface area contributed by atoms with Crippen LogP contribution in [0.2, 0.25) is 0 Å². The highest BCUT2D eigenvalue weighted by Crippen LogP contribution is 2.19. The lowest BCUT2D eigenvalue weighted by molar-refractivity contribution is -0.122. The van der Waals surface area contributed by atoms with E-state index in [9.17, 15) is 19.5 Å². The second-order valence-corrected chi connectivity index (χ2v) is 9.04. The number of rotatable bonds is 9. The Balaban J connectivity index is 1.84. The third kappa shape index (κ3) is 5.64. The van der Waals surface area contributed by atoms with Crippen LogP contribution in [0.5, 0.6) is 0 Å². The molecule has 2 heterocycles. The molecule has 0 saturated heterocycles. The standard InChI is InChI=1S/C22H35N5O4/c1-4-5-12-26-20-19(21(30)25-22(26)31)27(13-14(2)3)17(24-20)10-11-18(29)23-15-6-8-16(28)9-7-15/h14-16,28H,4-13H2,1-3H3,(H,23,29)(H,25,30,31). The molecule has 3 rings (SSSR count). The summed E-state index contributed by atoms with van der Waals surface area (Å²) in [5, 5.41) is 12.7. The summed E-state index contributed by atoms with van der Waals surface area (Å²) in [6.07, 6.45) is 5.14. The van der Waals surface area contributed by atoms with Crippen LogP contribution >= 0.6 is 0 Å². The number of aliphatic hydroxyl groups is 1. The molecule has 0 spiro atoms. The first kappa shape index (κ1) is 23.2. The largest absolute Gasteiger partial charge is 0.393 e. The molecule has 0 aliphatic heterocycles. The quantitative estimate of drug-likeness (QED) is 0.556. The Bertz CT molecular complexity index is 1010. The lowest BCUT2D eigenvalue weighted by Gasteiger charge is -2.26. The Hall–Kier alpha value is -2.42. The Labute approximate surface area is 181 Å². The Morgan fingerprint density at radius 2 is 1.94 bits per heavy atom. The summed E-state index contributed by atoms with van der Waals surface area (Å²) in [6.45, 7) is 7.24. The van der Waals surface area contributed by atoms with Gasteiger partial charge in [-0.15, -0.1) is 0 Å². The fourth-order valence-corrected chi connectivity index (χ4v) is 4.24. The number of H-pyrrole nitrogens is 1. The van der Waals surface area contributed by atoms with Crippen LogP contribution in [0.3, 0.4) is 0 Å². The van der Waals surface area contributed by atoms with E-state index < -0.39 is 11.2 Å². The van der Waals surface area contributed by atoms with E-state index in [4.69, 9.17) is 0 Å². The maximum absolute atomic E-state index is 12.6. The van der Waals surface area contributed by atoms with Crippen molar-refractivity contribution in [1.82, 2.24) is 24.4 Å². The number of nitrogens with zero attached hydrogens (tertiary/aromatic N) is 3. The number of carbonyl (C=O) groups is 1. The first-order valence-electron chi connectivity index (χ1n) is 11.5. The summed E-state index contributed by atoms with van der Waals surface area (Å²) in [7, 11) is 0. The van der Waals surface area contributed by atoms with Gasteiger partial charge >= 0.3 is 5.69 Å². The third-order valence-electron chi connectivity index (χ3n) is 5.89. The molecule has 2 aromatic rings. The summed E-state index contributed by atoms with van der Waals surface area (Å²) in [4.78, 5) is 44.6. The van der Waals surface area contributed by atoms with Gasteiger partial charge in [0.1, 0.15) is 5.82 Å². The molecule has 9 nitrogen and oxygen atoms in total. The predicted octanol–water partition coefficient (Wildman–Crippen LogP) is 1.69. The van der Waals surface area contributed by atoms with Crippen molar-refractivity contribution in [3.05, 3.63) is 26.7 Å². The van der Waals surface area contributed by atoms with Gasteiger partial charge < -0.3 is 15.0 Å². The molecule has 1 aliphatic carbocycles. The monoisotopic (exact) mass is 433 g/mol. The predicted molar refractivity (Wildman–Crippen MR) is 119 cm³/mol. The molecule has 0 unspecified atom stereocenters. The van der Waals surface area contributed by atoms with E-state index in [1.165, 1.54) is 4.57 Å². The Morgan fingerprint density at radius 3 is 2.58 bits per heavy atom. The number of carbonyl (C=O) groups excluding carboxylic acids is 1. The van der Waals surface area contributed by atoms with E-state index in [1.54, 1.807) is 0 Å². The molecule has 31 heavy (non-hydrogen) atoms. The molecule has 0 bridgehead atoms. The van der Waals surface area contributed by atoms with Crippen LogP contribution < -0.4 is 16.6 Å². The van der Waals surface area contributed by atoms with Crippen LogP contribution in [0.25, 0.3) is 11.2 Å². The third-order valence-corrected chi connectivity index (χ3v) is 5.89. The highest BCUT2D eigenvalue weighted by molar-refractivity contribution is 5.77. The van der Waals surface area contributed by atoms with Crippen molar-refractivity contribution in [3.8, 4) is 0 Å².